The van der Waals surface area contributed by atoms with Crippen LogP contribution < -0.4 is 10.3 Å². The number of methoxy groups -OCH3 is 1. The monoisotopic (exact) mass is 361 g/mol. The summed E-state index contributed by atoms with van der Waals surface area (Å²) in [6.07, 6.45) is 0.709. The lowest BCUT2D eigenvalue weighted by molar-refractivity contribution is 0.237. The molecule has 0 atom stereocenters. The van der Waals surface area contributed by atoms with Crippen LogP contribution in [0.4, 0.5) is 0 Å². The Morgan fingerprint density at radius 1 is 1.15 bits per heavy atom. The molecule has 3 aromatic rings. The quantitative estimate of drug-likeness (QED) is 0.775. The predicted molar refractivity (Wildman–Crippen MR) is 106 cm³/mol. The van der Waals surface area contributed by atoms with Crippen molar-refractivity contribution < 1.29 is 4.74 Å². The fraction of sp³-hybridized carbons (Fsp3) is 0.273. The van der Waals surface area contributed by atoms with E-state index in [2.05, 4.69) is 16.0 Å². The molecule has 2 heterocycles. The summed E-state index contributed by atoms with van der Waals surface area (Å²) >= 11 is 0. The Kier molecular flexibility index (Phi) is 4.77. The lowest BCUT2D eigenvalue weighted by Crippen LogP contribution is -2.35. The average molecular weight is 361 g/mol. The maximum Gasteiger partial charge on any atom is 0.254 e. The van der Waals surface area contributed by atoms with E-state index in [1.165, 1.54) is 5.56 Å². The molecule has 0 aliphatic carbocycles. The van der Waals surface area contributed by atoms with Gasteiger partial charge in [0.1, 0.15) is 11.6 Å². The van der Waals surface area contributed by atoms with E-state index in [4.69, 9.17) is 9.72 Å². The standard InChI is InChI=1S/C22H23N3O2/c1-15-7-9-16(10-8-15)21-23-19-14-25(12-11-18(19)22(26)24-21)13-17-5-3-4-6-20(17)27-2/h3-10H,11-14H2,1-2H3,(H,23,24,26). The lowest BCUT2D eigenvalue weighted by atomic mass is 10.0. The van der Waals surface area contributed by atoms with Gasteiger partial charge in [0.25, 0.3) is 5.56 Å². The number of H-pyrrole nitrogens is 1. The molecule has 1 aromatic heterocycles. The van der Waals surface area contributed by atoms with Crippen molar-refractivity contribution in [1.82, 2.24) is 14.9 Å². The van der Waals surface area contributed by atoms with Crippen molar-refractivity contribution >= 4 is 0 Å². The van der Waals surface area contributed by atoms with Gasteiger partial charge in [-0.15, -0.1) is 0 Å². The fourth-order valence-electron chi connectivity index (χ4n) is 3.55. The summed E-state index contributed by atoms with van der Waals surface area (Å²) in [4.78, 5) is 22.6. The molecule has 0 saturated carbocycles. The smallest absolute Gasteiger partial charge is 0.254 e. The Morgan fingerprint density at radius 2 is 1.93 bits per heavy atom. The molecule has 1 aliphatic rings. The van der Waals surface area contributed by atoms with Crippen molar-refractivity contribution in [2.75, 3.05) is 13.7 Å². The minimum atomic E-state index is -0.0208. The number of nitrogens with one attached hydrogen (secondary N) is 1. The van der Waals surface area contributed by atoms with Crippen LogP contribution in [0, 0.1) is 6.92 Å². The van der Waals surface area contributed by atoms with Gasteiger partial charge in [-0.1, -0.05) is 48.0 Å². The minimum absolute atomic E-state index is 0.0208. The van der Waals surface area contributed by atoms with Crippen molar-refractivity contribution in [3.05, 3.63) is 81.3 Å². The van der Waals surface area contributed by atoms with E-state index in [-0.39, 0.29) is 5.56 Å². The molecule has 2 aromatic carbocycles. The number of hydrogen-bond acceptors (Lipinski definition) is 4. The van der Waals surface area contributed by atoms with E-state index in [9.17, 15) is 4.79 Å². The number of ether oxygens (including phenoxy) is 1. The van der Waals surface area contributed by atoms with Crippen molar-refractivity contribution in [2.24, 2.45) is 0 Å². The number of benzene rings is 2. The van der Waals surface area contributed by atoms with Crippen molar-refractivity contribution in [2.45, 2.75) is 26.4 Å². The highest BCUT2D eigenvalue weighted by molar-refractivity contribution is 5.55. The molecule has 138 valence electrons. The van der Waals surface area contributed by atoms with Gasteiger partial charge in [0.05, 0.1) is 12.8 Å². The Balaban J connectivity index is 1.61. The Bertz CT molecular complexity index is 1010. The van der Waals surface area contributed by atoms with Gasteiger partial charge in [-0.05, 0) is 19.4 Å². The van der Waals surface area contributed by atoms with E-state index in [0.717, 1.165) is 41.2 Å². The zero-order valence-electron chi connectivity index (χ0n) is 15.7. The van der Waals surface area contributed by atoms with Crippen LogP contribution in [-0.2, 0) is 19.5 Å². The van der Waals surface area contributed by atoms with Gasteiger partial charge in [0.15, 0.2) is 0 Å². The molecule has 0 unspecified atom stereocenters. The van der Waals surface area contributed by atoms with Gasteiger partial charge in [-0.25, -0.2) is 4.98 Å². The highest BCUT2D eigenvalue weighted by Gasteiger charge is 2.22. The normalized spacial score (nSPS) is 14.0. The predicted octanol–water partition coefficient (Wildman–Crippen LogP) is 3.31. The molecule has 0 fully saturated rings. The summed E-state index contributed by atoms with van der Waals surface area (Å²) < 4.78 is 5.46. The lowest BCUT2D eigenvalue weighted by Gasteiger charge is -2.28. The molecule has 4 rings (SSSR count). The Morgan fingerprint density at radius 3 is 2.70 bits per heavy atom. The molecular formula is C22H23N3O2. The van der Waals surface area contributed by atoms with E-state index < -0.39 is 0 Å². The van der Waals surface area contributed by atoms with Gasteiger partial charge in [-0.2, -0.15) is 0 Å². The molecular weight excluding hydrogens is 338 g/mol. The topological polar surface area (TPSA) is 58.2 Å². The van der Waals surface area contributed by atoms with Crippen LogP contribution >= 0.6 is 0 Å². The zero-order chi connectivity index (χ0) is 18.8. The molecule has 0 saturated heterocycles. The van der Waals surface area contributed by atoms with Gasteiger partial charge < -0.3 is 9.72 Å². The highest BCUT2D eigenvalue weighted by Crippen LogP contribution is 2.23. The van der Waals surface area contributed by atoms with E-state index in [0.29, 0.717) is 18.8 Å². The van der Waals surface area contributed by atoms with Crippen LogP contribution in [0.5, 0.6) is 5.75 Å². The summed E-state index contributed by atoms with van der Waals surface area (Å²) in [5.41, 5.74) is 4.92. The summed E-state index contributed by atoms with van der Waals surface area (Å²) in [6.45, 7) is 4.32. The second-order valence-corrected chi connectivity index (χ2v) is 6.98. The second-order valence-electron chi connectivity index (χ2n) is 6.98. The van der Waals surface area contributed by atoms with Gasteiger partial charge >= 0.3 is 0 Å². The van der Waals surface area contributed by atoms with Crippen LogP contribution in [0.2, 0.25) is 0 Å². The zero-order valence-corrected chi connectivity index (χ0v) is 15.7. The first-order valence-corrected chi connectivity index (χ1v) is 9.17. The summed E-state index contributed by atoms with van der Waals surface area (Å²) in [5, 5.41) is 0. The van der Waals surface area contributed by atoms with Crippen LogP contribution in [0.1, 0.15) is 22.4 Å². The fourth-order valence-corrected chi connectivity index (χ4v) is 3.55. The summed E-state index contributed by atoms with van der Waals surface area (Å²) in [7, 11) is 1.69. The van der Waals surface area contributed by atoms with E-state index >= 15 is 0 Å². The molecule has 1 N–H and O–H groups in total. The van der Waals surface area contributed by atoms with E-state index in [1.54, 1.807) is 7.11 Å². The first-order valence-electron chi connectivity index (χ1n) is 9.17. The summed E-state index contributed by atoms with van der Waals surface area (Å²) in [6, 6.07) is 16.1. The largest absolute Gasteiger partial charge is 0.496 e. The maximum atomic E-state index is 12.6. The molecule has 5 heteroatoms. The first-order chi connectivity index (χ1) is 13.1. The van der Waals surface area contributed by atoms with E-state index in [1.807, 2.05) is 49.4 Å². The summed E-state index contributed by atoms with van der Waals surface area (Å²) in [5.74, 6) is 1.53. The Hall–Kier alpha value is -2.92. The van der Waals surface area contributed by atoms with Crippen LogP contribution in [-0.4, -0.2) is 28.5 Å². The van der Waals surface area contributed by atoms with Crippen molar-refractivity contribution in [1.29, 1.82) is 0 Å². The van der Waals surface area contributed by atoms with Crippen molar-refractivity contribution in [3.63, 3.8) is 0 Å². The minimum Gasteiger partial charge on any atom is -0.496 e. The van der Waals surface area contributed by atoms with Gasteiger partial charge in [-0.3, -0.25) is 9.69 Å². The number of para-hydroxylation sites is 1. The number of hydrogen-bond donors (Lipinski definition) is 1. The SMILES string of the molecule is COc1ccccc1CN1CCc2c(nc(-c3ccc(C)cc3)[nH]c2=O)C1. The molecule has 0 spiro atoms. The molecule has 0 bridgehead atoms. The molecule has 1 aliphatic heterocycles. The van der Waals surface area contributed by atoms with Crippen LogP contribution in [0.25, 0.3) is 11.4 Å². The number of rotatable bonds is 4. The first kappa shape index (κ1) is 17.5. The third kappa shape index (κ3) is 3.64. The number of aromatic amines is 1. The second kappa shape index (κ2) is 7.37. The maximum absolute atomic E-state index is 12.6. The number of aromatic nitrogens is 2. The van der Waals surface area contributed by atoms with Gasteiger partial charge in [0.2, 0.25) is 0 Å². The average Bonchev–Trinajstić information content (AvgIpc) is 2.68. The molecule has 27 heavy (non-hydrogen) atoms. The van der Waals surface area contributed by atoms with Gasteiger partial charge in [0, 0.05) is 36.3 Å². The van der Waals surface area contributed by atoms with Crippen LogP contribution in [0.15, 0.2) is 53.3 Å². The molecule has 5 nitrogen and oxygen atoms in total. The number of nitrogens with zero attached hydrogens (tertiary/aromatic N) is 2. The highest BCUT2D eigenvalue weighted by atomic mass is 16.5. The number of fused-ring (bicyclic) bond motifs is 1. The third-order valence-corrected chi connectivity index (χ3v) is 5.06. The molecule has 0 amide bonds. The number of aryl methyl sites for hydroxylation is 1. The van der Waals surface area contributed by atoms with Crippen LogP contribution in [0.3, 0.4) is 0 Å². The Labute approximate surface area is 158 Å². The third-order valence-electron chi connectivity index (χ3n) is 5.06. The molecule has 0 radical (unpaired) electrons. The van der Waals surface area contributed by atoms with Crippen molar-refractivity contribution in [3.8, 4) is 17.1 Å².